The summed E-state index contributed by atoms with van der Waals surface area (Å²) in [4.78, 5) is 11.3. The van der Waals surface area contributed by atoms with Crippen LogP contribution in [0.2, 0.25) is 0 Å². The average molecular weight is 318 g/mol. The molecule has 1 aromatic carbocycles. The molecule has 0 saturated heterocycles. The maximum atomic E-state index is 12.4. The molecule has 0 aliphatic heterocycles. The van der Waals surface area contributed by atoms with Crippen molar-refractivity contribution in [2.45, 2.75) is 31.2 Å². The fourth-order valence-electron chi connectivity index (χ4n) is 1.67. The molecule has 1 saturated carbocycles. The van der Waals surface area contributed by atoms with Crippen LogP contribution in [0, 0.1) is 0 Å². The molecule has 0 radical (unpaired) electrons. The summed E-state index contributed by atoms with van der Waals surface area (Å²) in [7, 11) is 0. The summed E-state index contributed by atoms with van der Waals surface area (Å²) in [5.41, 5.74) is -0.765. The van der Waals surface area contributed by atoms with Gasteiger partial charge in [-0.3, -0.25) is 0 Å². The molecule has 1 aliphatic carbocycles. The van der Waals surface area contributed by atoms with E-state index in [2.05, 4.69) is 10.6 Å². The lowest BCUT2D eigenvalue weighted by Crippen LogP contribution is -2.42. The molecule has 1 fully saturated rings. The number of hydrogen-bond donors (Lipinski definition) is 3. The van der Waals surface area contributed by atoms with Gasteiger partial charge in [-0.05, 0) is 37.1 Å². The van der Waals surface area contributed by atoms with Crippen molar-refractivity contribution in [3.8, 4) is 5.75 Å². The molecule has 2 amide bonds. The number of aliphatic hydroxyl groups excluding tert-OH is 1. The van der Waals surface area contributed by atoms with Crippen LogP contribution < -0.4 is 15.4 Å². The molecule has 8 heteroatoms. The van der Waals surface area contributed by atoms with Crippen molar-refractivity contribution in [2.24, 2.45) is 0 Å². The Hall–Kier alpha value is -1.96. The number of urea groups is 1. The molecule has 0 heterocycles. The van der Waals surface area contributed by atoms with Gasteiger partial charge in [-0.25, -0.2) is 4.79 Å². The van der Waals surface area contributed by atoms with E-state index in [0.29, 0.717) is 0 Å². The van der Waals surface area contributed by atoms with Crippen molar-refractivity contribution in [1.82, 2.24) is 10.6 Å². The summed E-state index contributed by atoms with van der Waals surface area (Å²) < 4.78 is 42.3. The molecule has 122 valence electrons. The molecule has 1 unspecified atom stereocenters. The molecular weight excluding hydrogens is 301 g/mol. The Kier molecular flexibility index (Phi) is 5.12. The first-order valence-corrected chi connectivity index (χ1v) is 6.87. The molecule has 2 rings (SSSR count). The minimum Gasteiger partial charge on any atom is -0.491 e. The first kappa shape index (κ1) is 16.4. The standard InChI is InChI=1S/C14H17F3N2O3/c15-14(16,17)9-1-5-12(6-2-9)22-8-11(20)7-18-13(21)19-10-3-4-10/h1-2,5-6,10-11,20H,3-4,7-8H2,(H2,18,19,21). The highest BCUT2D eigenvalue weighted by Gasteiger charge is 2.30. The van der Waals surface area contributed by atoms with Crippen LogP contribution >= 0.6 is 0 Å². The van der Waals surface area contributed by atoms with Crippen molar-refractivity contribution in [1.29, 1.82) is 0 Å². The van der Waals surface area contributed by atoms with Crippen LogP contribution in [0.1, 0.15) is 18.4 Å². The van der Waals surface area contributed by atoms with Gasteiger partial charge in [0.15, 0.2) is 0 Å². The van der Waals surface area contributed by atoms with E-state index in [1.807, 2.05) is 0 Å². The number of halogens is 3. The van der Waals surface area contributed by atoms with E-state index in [4.69, 9.17) is 4.74 Å². The molecule has 3 N–H and O–H groups in total. The predicted octanol–water partition coefficient (Wildman–Crippen LogP) is 1.91. The fourth-order valence-corrected chi connectivity index (χ4v) is 1.67. The van der Waals surface area contributed by atoms with E-state index < -0.39 is 17.8 Å². The molecule has 0 bridgehead atoms. The van der Waals surface area contributed by atoms with Crippen LogP contribution in [0.25, 0.3) is 0 Å². The van der Waals surface area contributed by atoms with Gasteiger partial charge in [0.05, 0.1) is 5.56 Å². The van der Waals surface area contributed by atoms with Crippen molar-refractivity contribution in [3.63, 3.8) is 0 Å². The Labute approximate surface area is 125 Å². The van der Waals surface area contributed by atoms with E-state index >= 15 is 0 Å². The Morgan fingerprint density at radius 2 is 1.95 bits per heavy atom. The first-order chi connectivity index (χ1) is 10.3. The van der Waals surface area contributed by atoms with Crippen molar-refractivity contribution in [3.05, 3.63) is 29.8 Å². The molecule has 0 aromatic heterocycles. The normalized spacial score (nSPS) is 16.0. The smallest absolute Gasteiger partial charge is 0.416 e. The highest BCUT2D eigenvalue weighted by atomic mass is 19.4. The molecule has 1 atom stereocenters. The zero-order valence-electron chi connectivity index (χ0n) is 11.7. The van der Waals surface area contributed by atoms with E-state index in [0.717, 1.165) is 25.0 Å². The maximum absolute atomic E-state index is 12.4. The SMILES string of the molecule is O=C(NCC(O)COc1ccc(C(F)(F)F)cc1)NC1CC1. The van der Waals surface area contributed by atoms with Gasteiger partial charge in [-0.2, -0.15) is 13.2 Å². The van der Waals surface area contributed by atoms with Crippen LogP contribution in [-0.2, 0) is 6.18 Å². The molecular formula is C14H17F3N2O3. The molecule has 5 nitrogen and oxygen atoms in total. The Morgan fingerprint density at radius 3 is 2.50 bits per heavy atom. The first-order valence-electron chi connectivity index (χ1n) is 6.87. The Morgan fingerprint density at radius 1 is 1.32 bits per heavy atom. The van der Waals surface area contributed by atoms with E-state index in [9.17, 15) is 23.1 Å². The summed E-state index contributed by atoms with van der Waals surface area (Å²) in [5, 5.41) is 14.8. The van der Waals surface area contributed by atoms with Crippen LogP contribution in [-0.4, -0.2) is 36.4 Å². The van der Waals surface area contributed by atoms with Gasteiger partial charge >= 0.3 is 12.2 Å². The van der Waals surface area contributed by atoms with Crippen molar-refractivity contribution in [2.75, 3.05) is 13.2 Å². The van der Waals surface area contributed by atoms with Crippen LogP contribution in [0.4, 0.5) is 18.0 Å². The zero-order valence-corrected chi connectivity index (χ0v) is 11.7. The minimum absolute atomic E-state index is 0.000806. The number of aliphatic hydroxyl groups is 1. The second-order valence-corrected chi connectivity index (χ2v) is 5.12. The molecule has 22 heavy (non-hydrogen) atoms. The zero-order chi connectivity index (χ0) is 16.2. The van der Waals surface area contributed by atoms with Gasteiger partial charge in [0.2, 0.25) is 0 Å². The number of carbonyl (C=O) groups is 1. The van der Waals surface area contributed by atoms with Gasteiger partial charge in [-0.15, -0.1) is 0 Å². The quantitative estimate of drug-likeness (QED) is 0.750. The monoisotopic (exact) mass is 318 g/mol. The highest BCUT2D eigenvalue weighted by molar-refractivity contribution is 5.74. The number of amides is 2. The second-order valence-electron chi connectivity index (χ2n) is 5.12. The summed E-state index contributed by atoms with van der Waals surface area (Å²) in [5.74, 6) is 0.217. The summed E-state index contributed by atoms with van der Waals surface area (Å²) >= 11 is 0. The third-order valence-electron chi connectivity index (χ3n) is 3.03. The third-order valence-corrected chi connectivity index (χ3v) is 3.03. The second kappa shape index (κ2) is 6.87. The van der Waals surface area contributed by atoms with E-state index in [1.165, 1.54) is 12.1 Å². The molecule has 1 aliphatic rings. The minimum atomic E-state index is -4.39. The van der Waals surface area contributed by atoms with Crippen molar-refractivity contribution >= 4 is 6.03 Å². The van der Waals surface area contributed by atoms with Gasteiger partial charge in [-0.1, -0.05) is 0 Å². The van der Waals surface area contributed by atoms with Crippen LogP contribution in [0.5, 0.6) is 5.75 Å². The molecule has 0 spiro atoms. The lowest BCUT2D eigenvalue weighted by Gasteiger charge is -2.14. The fraction of sp³-hybridized carbons (Fsp3) is 0.500. The van der Waals surface area contributed by atoms with Gasteiger partial charge in [0.1, 0.15) is 18.5 Å². The Balaban J connectivity index is 1.69. The summed E-state index contributed by atoms with van der Waals surface area (Å²) in [6.45, 7) is -0.131. The number of alkyl halides is 3. The van der Waals surface area contributed by atoms with E-state index in [-0.39, 0.29) is 31.0 Å². The largest absolute Gasteiger partial charge is 0.491 e. The topological polar surface area (TPSA) is 70.6 Å². The van der Waals surface area contributed by atoms with Crippen molar-refractivity contribution < 1.29 is 27.8 Å². The molecule has 1 aromatic rings. The number of ether oxygens (including phenoxy) is 1. The number of hydrogen-bond acceptors (Lipinski definition) is 3. The lowest BCUT2D eigenvalue weighted by molar-refractivity contribution is -0.137. The van der Waals surface area contributed by atoms with Gasteiger partial charge < -0.3 is 20.5 Å². The van der Waals surface area contributed by atoms with Crippen LogP contribution in [0.15, 0.2) is 24.3 Å². The average Bonchev–Trinajstić information content (AvgIpc) is 3.26. The van der Waals surface area contributed by atoms with E-state index in [1.54, 1.807) is 0 Å². The number of benzene rings is 1. The third kappa shape index (κ3) is 5.44. The highest BCUT2D eigenvalue weighted by Crippen LogP contribution is 2.30. The number of nitrogens with one attached hydrogen (secondary N) is 2. The Bertz CT molecular complexity index is 501. The summed E-state index contributed by atoms with van der Waals surface area (Å²) in [6.07, 6.45) is -3.41. The lowest BCUT2D eigenvalue weighted by atomic mass is 10.2. The van der Waals surface area contributed by atoms with Gasteiger partial charge in [0.25, 0.3) is 0 Å². The predicted molar refractivity (Wildman–Crippen MR) is 72.5 cm³/mol. The summed E-state index contributed by atoms with van der Waals surface area (Å²) in [6, 6.07) is 4.05. The van der Waals surface area contributed by atoms with Gasteiger partial charge in [0, 0.05) is 12.6 Å². The number of carbonyl (C=O) groups excluding carboxylic acids is 1. The van der Waals surface area contributed by atoms with Crippen LogP contribution in [0.3, 0.4) is 0 Å². The maximum Gasteiger partial charge on any atom is 0.416 e. The number of rotatable bonds is 6.